The highest BCUT2D eigenvalue weighted by molar-refractivity contribution is 6.07. The minimum Gasteiger partial charge on any atom is -0.497 e. The molecule has 1 N–H and O–H groups in total. The zero-order valence-electron chi connectivity index (χ0n) is 16.4. The second kappa shape index (κ2) is 8.93. The Balaban J connectivity index is 1.52. The van der Waals surface area contributed by atoms with Gasteiger partial charge in [-0.25, -0.2) is 0 Å². The zero-order valence-corrected chi connectivity index (χ0v) is 16.4. The third-order valence-corrected chi connectivity index (χ3v) is 5.26. The molecule has 2 atom stereocenters. The van der Waals surface area contributed by atoms with Crippen LogP contribution < -0.4 is 14.8 Å². The number of ether oxygens (including phenoxy) is 3. The molecule has 0 bridgehead atoms. The van der Waals surface area contributed by atoms with Crippen molar-refractivity contribution in [1.82, 2.24) is 4.90 Å². The summed E-state index contributed by atoms with van der Waals surface area (Å²) in [4.78, 5) is 49.9. The van der Waals surface area contributed by atoms with Gasteiger partial charge < -0.3 is 19.5 Å². The predicted molar refractivity (Wildman–Crippen MR) is 101 cm³/mol. The van der Waals surface area contributed by atoms with Crippen LogP contribution in [0.3, 0.4) is 0 Å². The lowest BCUT2D eigenvalue weighted by molar-refractivity contribution is -0.154. The van der Waals surface area contributed by atoms with Gasteiger partial charge in [-0.2, -0.15) is 0 Å². The maximum atomic E-state index is 12.4. The largest absolute Gasteiger partial charge is 0.497 e. The van der Waals surface area contributed by atoms with Crippen molar-refractivity contribution in [3.63, 3.8) is 0 Å². The van der Waals surface area contributed by atoms with Crippen LogP contribution in [0, 0.1) is 11.8 Å². The Hall–Kier alpha value is -3.10. The normalized spacial score (nSPS) is 20.8. The summed E-state index contributed by atoms with van der Waals surface area (Å²) in [5, 5.41) is 2.57. The van der Waals surface area contributed by atoms with Gasteiger partial charge >= 0.3 is 5.97 Å². The predicted octanol–water partition coefficient (Wildman–Crippen LogP) is 1.36. The molecule has 3 rings (SSSR count). The van der Waals surface area contributed by atoms with E-state index in [1.165, 1.54) is 14.2 Å². The number of benzene rings is 1. The first-order chi connectivity index (χ1) is 13.9. The highest BCUT2D eigenvalue weighted by Gasteiger charge is 2.48. The number of esters is 1. The second-order valence-electron chi connectivity index (χ2n) is 7.04. The minimum atomic E-state index is -0.807. The molecule has 0 radical (unpaired) electrons. The summed E-state index contributed by atoms with van der Waals surface area (Å²) in [6.07, 6.45) is 3.16. The summed E-state index contributed by atoms with van der Waals surface area (Å²) >= 11 is 0. The van der Waals surface area contributed by atoms with E-state index in [-0.39, 0.29) is 23.7 Å². The van der Waals surface area contributed by atoms with E-state index < -0.39 is 25.0 Å². The molecule has 1 aromatic carbocycles. The maximum absolute atomic E-state index is 12.4. The number of nitrogens with zero attached hydrogens (tertiary/aromatic N) is 1. The van der Waals surface area contributed by atoms with Crippen LogP contribution >= 0.6 is 0 Å². The van der Waals surface area contributed by atoms with Crippen LogP contribution in [0.25, 0.3) is 0 Å². The fraction of sp³-hybridized carbons (Fsp3) is 0.500. The van der Waals surface area contributed by atoms with Gasteiger partial charge in [-0.1, -0.05) is 12.8 Å². The number of hydrogen-bond acceptors (Lipinski definition) is 7. The first kappa shape index (κ1) is 20.6. The van der Waals surface area contributed by atoms with Gasteiger partial charge in [0.25, 0.3) is 5.91 Å². The third kappa shape index (κ3) is 4.49. The van der Waals surface area contributed by atoms with Crippen LogP contribution in [0.4, 0.5) is 5.69 Å². The number of rotatable bonds is 7. The number of carbonyl (C=O) groups excluding carboxylic acids is 4. The highest BCUT2D eigenvalue weighted by atomic mass is 16.5. The Morgan fingerprint density at radius 1 is 1.07 bits per heavy atom. The maximum Gasteiger partial charge on any atom is 0.326 e. The van der Waals surface area contributed by atoms with E-state index in [2.05, 4.69) is 5.32 Å². The summed E-state index contributed by atoms with van der Waals surface area (Å²) in [7, 11) is 2.95. The van der Waals surface area contributed by atoms with Crippen molar-refractivity contribution in [2.45, 2.75) is 25.7 Å². The Morgan fingerprint density at radius 2 is 1.72 bits per heavy atom. The van der Waals surface area contributed by atoms with Crippen LogP contribution in [0.1, 0.15) is 25.7 Å². The van der Waals surface area contributed by atoms with Crippen LogP contribution in [0.5, 0.6) is 11.5 Å². The monoisotopic (exact) mass is 404 g/mol. The number of nitrogens with one attached hydrogen (secondary N) is 1. The molecule has 2 aliphatic rings. The van der Waals surface area contributed by atoms with Crippen molar-refractivity contribution in [1.29, 1.82) is 0 Å². The molecule has 29 heavy (non-hydrogen) atoms. The van der Waals surface area contributed by atoms with Gasteiger partial charge in [0.15, 0.2) is 6.61 Å². The summed E-state index contributed by atoms with van der Waals surface area (Å²) in [6.45, 7) is -1.03. The van der Waals surface area contributed by atoms with E-state index in [4.69, 9.17) is 14.2 Å². The van der Waals surface area contributed by atoms with Crippen molar-refractivity contribution >= 4 is 29.4 Å². The van der Waals surface area contributed by atoms with Crippen molar-refractivity contribution < 1.29 is 33.4 Å². The van der Waals surface area contributed by atoms with E-state index in [0.29, 0.717) is 30.0 Å². The van der Waals surface area contributed by atoms with E-state index in [0.717, 1.165) is 17.7 Å². The number of carbonyl (C=O) groups is 4. The van der Waals surface area contributed by atoms with Crippen molar-refractivity contribution in [3.8, 4) is 11.5 Å². The molecule has 0 unspecified atom stereocenters. The van der Waals surface area contributed by atoms with Gasteiger partial charge in [-0.3, -0.25) is 24.1 Å². The topological polar surface area (TPSA) is 111 Å². The standard InChI is InChI=1S/C20H24N2O7/c1-27-12-7-8-16(28-2)15(9-12)21-17(23)11-29-18(24)10-22-19(25)13-5-3-4-6-14(13)20(22)26/h7-9,13-14H,3-6,10-11H2,1-2H3,(H,21,23)/t13-,14-/m0/s1. The van der Waals surface area contributed by atoms with Crippen LogP contribution in [0.15, 0.2) is 18.2 Å². The SMILES string of the molecule is COc1ccc(OC)c(NC(=O)COC(=O)CN2C(=O)[C@H]3CCCC[C@@H]3C2=O)c1. The molecule has 9 nitrogen and oxygen atoms in total. The van der Waals surface area contributed by atoms with Crippen LogP contribution in [-0.2, 0) is 23.9 Å². The zero-order chi connectivity index (χ0) is 21.0. The summed E-state index contributed by atoms with van der Waals surface area (Å²) in [6, 6.07) is 4.88. The van der Waals surface area contributed by atoms with Crippen LogP contribution in [-0.4, -0.2) is 56.0 Å². The van der Waals surface area contributed by atoms with Gasteiger partial charge in [-0.05, 0) is 25.0 Å². The number of likely N-dealkylation sites (tertiary alicyclic amines) is 1. The van der Waals surface area contributed by atoms with Crippen LogP contribution in [0.2, 0.25) is 0 Å². The molecule has 1 aromatic rings. The molecular formula is C20H24N2O7. The molecule has 0 spiro atoms. The average molecular weight is 404 g/mol. The van der Waals surface area contributed by atoms with Crippen molar-refractivity contribution in [2.24, 2.45) is 11.8 Å². The number of anilines is 1. The first-order valence-corrected chi connectivity index (χ1v) is 9.47. The molecule has 2 fully saturated rings. The molecule has 1 saturated heterocycles. The molecule has 3 amide bonds. The first-order valence-electron chi connectivity index (χ1n) is 9.47. The fourth-order valence-electron chi connectivity index (χ4n) is 3.81. The molecule has 1 aliphatic carbocycles. The van der Waals surface area contributed by atoms with E-state index in [1.807, 2.05) is 0 Å². The smallest absolute Gasteiger partial charge is 0.326 e. The quantitative estimate of drug-likeness (QED) is 0.539. The number of hydrogen-bond donors (Lipinski definition) is 1. The van der Waals surface area contributed by atoms with Gasteiger partial charge in [0.2, 0.25) is 11.8 Å². The lowest BCUT2D eigenvalue weighted by Gasteiger charge is -2.19. The van der Waals surface area contributed by atoms with Crippen molar-refractivity contribution in [3.05, 3.63) is 18.2 Å². The highest BCUT2D eigenvalue weighted by Crippen LogP contribution is 2.37. The number of imide groups is 1. The van der Waals surface area contributed by atoms with Gasteiger partial charge in [0, 0.05) is 6.07 Å². The summed E-state index contributed by atoms with van der Waals surface area (Å²) in [5.41, 5.74) is 0.363. The minimum absolute atomic E-state index is 0.317. The Kier molecular flexibility index (Phi) is 6.36. The molecule has 156 valence electrons. The number of amides is 3. The van der Waals surface area contributed by atoms with E-state index in [9.17, 15) is 19.2 Å². The molecule has 9 heteroatoms. The number of methoxy groups -OCH3 is 2. The second-order valence-corrected chi connectivity index (χ2v) is 7.04. The lowest BCUT2D eigenvalue weighted by atomic mass is 9.81. The molecule has 1 heterocycles. The lowest BCUT2D eigenvalue weighted by Crippen LogP contribution is -2.37. The molecule has 0 aromatic heterocycles. The van der Waals surface area contributed by atoms with Gasteiger partial charge in [-0.15, -0.1) is 0 Å². The summed E-state index contributed by atoms with van der Waals surface area (Å²) in [5.74, 6) is -1.74. The molecular weight excluding hydrogens is 380 g/mol. The van der Waals surface area contributed by atoms with Gasteiger partial charge in [0.1, 0.15) is 18.0 Å². The van der Waals surface area contributed by atoms with E-state index in [1.54, 1.807) is 18.2 Å². The number of fused-ring (bicyclic) bond motifs is 1. The fourth-order valence-corrected chi connectivity index (χ4v) is 3.81. The van der Waals surface area contributed by atoms with E-state index >= 15 is 0 Å². The van der Waals surface area contributed by atoms with Gasteiger partial charge in [0.05, 0.1) is 31.7 Å². The average Bonchev–Trinajstić information content (AvgIpc) is 2.97. The molecule has 1 saturated carbocycles. The van der Waals surface area contributed by atoms with Crippen molar-refractivity contribution in [2.75, 3.05) is 32.7 Å². The Morgan fingerprint density at radius 3 is 2.31 bits per heavy atom. The third-order valence-electron chi connectivity index (χ3n) is 5.26. The molecule has 1 aliphatic heterocycles. The summed E-state index contributed by atoms with van der Waals surface area (Å²) < 4.78 is 15.2. The Bertz CT molecular complexity index is 799. The Labute approximate surface area is 168 Å².